The molecule has 3 aromatic rings. The fraction of sp³-hybridized carbons (Fsp3) is 0.111. The Morgan fingerprint density at radius 1 is 1.25 bits per heavy atom. The van der Waals surface area contributed by atoms with Gasteiger partial charge in [-0.05, 0) is 30.3 Å². The summed E-state index contributed by atoms with van der Waals surface area (Å²) in [5.41, 5.74) is 1.16. The Morgan fingerprint density at radius 2 is 2.04 bits per heavy atom. The van der Waals surface area contributed by atoms with Crippen LogP contribution in [0.25, 0.3) is 10.9 Å². The van der Waals surface area contributed by atoms with Gasteiger partial charge < -0.3 is 9.30 Å². The standard InChI is InChI=1S/C18H12Cl2N2O2/c1-24-17-4-2-3-15(20)14(17)10-22-9-11(8-21)18(23)13-7-12(19)5-6-16(13)22/h2-7,9H,10H2,1H3. The minimum absolute atomic E-state index is 0.0517. The Hall–Kier alpha value is -2.48. The van der Waals surface area contributed by atoms with Gasteiger partial charge in [0.25, 0.3) is 0 Å². The Labute approximate surface area is 148 Å². The van der Waals surface area contributed by atoms with E-state index in [2.05, 4.69) is 0 Å². The molecule has 1 aromatic heterocycles. The van der Waals surface area contributed by atoms with Gasteiger partial charge in [0.05, 0.1) is 19.2 Å². The summed E-state index contributed by atoms with van der Waals surface area (Å²) in [7, 11) is 1.57. The van der Waals surface area contributed by atoms with Crippen LogP contribution >= 0.6 is 23.2 Å². The second-order valence-corrected chi connectivity index (χ2v) is 6.04. The van der Waals surface area contributed by atoms with Gasteiger partial charge in [0, 0.05) is 27.2 Å². The lowest BCUT2D eigenvalue weighted by atomic mass is 10.1. The number of halogens is 2. The summed E-state index contributed by atoms with van der Waals surface area (Å²) in [6.07, 6.45) is 1.53. The third-order valence-electron chi connectivity index (χ3n) is 3.79. The molecule has 0 amide bonds. The number of benzene rings is 2. The number of aromatic nitrogens is 1. The van der Waals surface area contributed by atoms with Gasteiger partial charge in [0.1, 0.15) is 17.4 Å². The van der Waals surface area contributed by atoms with Gasteiger partial charge in [-0.3, -0.25) is 4.79 Å². The van der Waals surface area contributed by atoms with Crippen LogP contribution < -0.4 is 10.2 Å². The third-order valence-corrected chi connectivity index (χ3v) is 4.38. The van der Waals surface area contributed by atoms with Crippen LogP contribution in [0.4, 0.5) is 0 Å². The SMILES string of the molecule is COc1cccc(Cl)c1Cn1cc(C#N)c(=O)c2cc(Cl)ccc21. The quantitative estimate of drug-likeness (QED) is 0.703. The molecule has 0 unspecified atom stereocenters. The zero-order valence-electron chi connectivity index (χ0n) is 12.7. The molecular formula is C18H12Cl2N2O2. The molecule has 0 aliphatic carbocycles. The molecule has 3 rings (SSSR count). The molecule has 0 saturated carbocycles. The zero-order valence-corrected chi connectivity index (χ0v) is 14.2. The van der Waals surface area contributed by atoms with E-state index in [9.17, 15) is 10.1 Å². The number of ether oxygens (including phenoxy) is 1. The van der Waals surface area contributed by atoms with Gasteiger partial charge in [0.15, 0.2) is 0 Å². The number of rotatable bonds is 3. The van der Waals surface area contributed by atoms with E-state index >= 15 is 0 Å². The van der Waals surface area contributed by atoms with E-state index in [1.54, 1.807) is 42.0 Å². The summed E-state index contributed by atoms with van der Waals surface area (Å²) in [6, 6.07) is 12.3. The van der Waals surface area contributed by atoms with Crippen molar-refractivity contribution < 1.29 is 4.74 Å². The Bertz CT molecular complexity index is 1040. The molecule has 1 heterocycles. The van der Waals surface area contributed by atoms with E-state index in [0.29, 0.717) is 33.2 Å². The largest absolute Gasteiger partial charge is 0.496 e. The molecule has 0 spiro atoms. The molecule has 2 aromatic carbocycles. The minimum atomic E-state index is -0.336. The van der Waals surface area contributed by atoms with Crippen LogP contribution in [0.5, 0.6) is 5.75 Å². The van der Waals surface area contributed by atoms with Crippen molar-refractivity contribution in [2.24, 2.45) is 0 Å². The van der Waals surface area contributed by atoms with E-state index < -0.39 is 0 Å². The summed E-state index contributed by atoms with van der Waals surface area (Å²) in [4.78, 5) is 12.4. The highest BCUT2D eigenvalue weighted by molar-refractivity contribution is 6.31. The number of nitriles is 1. The monoisotopic (exact) mass is 358 g/mol. The topological polar surface area (TPSA) is 55.0 Å². The number of hydrogen-bond donors (Lipinski definition) is 0. The third kappa shape index (κ3) is 2.84. The summed E-state index contributed by atoms with van der Waals surface area (Å²) >= 11 is 12.3. The summed E-state index contributed by atoms with van der Waals surface area (Å²) < 4.78 is 7.17. The van der Waals surface area contributed by atoms with Gasteiger partial charge in [-0.2, -0.15) is 5.26 Å². The lowest BCUT2D eigenvalue weighted by Crippen LogP contribution is -2.14. The van der Waals surface area contributed by atoms with Gasteiger partial charge in [0.2, 0.25) is 5.43 Å². The molecular weight excluding hydrogens is 347 g/mol. The van der Waals surface area contributed by atoms with E-state index in [-0.39, 0.29) is 11.0 Å². The first-order valence-electron chi connectivity index (χ1n) is 7.09. The maximum absolute atomic E-state index is 12.4. The first-order valence-corrected chi connectivity index (χ1v) is 7.85. The van der Waals surface area contributed by atoms with Crippen molar-refractivity contribution in [1.82, 2.24) is 4.57 Å². The number of methoxy groups -OCH3 is 1. The van der Waals surface area contributed by atoms with Gasteiger partial charge in [-0.1, -0.05) is 29.3 Å². The fourth-order valence-electron chi connectivity index (χ4n) is 2.63. The van der Waals surface area contributed by atoms with Gasteiger partial charge in [-0.15, -0.1) is 0 Å². The molecule has 0 N–H and O–H groups in total. The molecule has 0 atom stereocenters. The molecule has 0 radical (unpaired) electrons. The van der Waals surface area contributed by atoms with Crippen LogP contribution in [-0.4, -0.2) is 11.7 Å². The summed E-state index contributed by atoms with van der Waals surface area (Å²) in [6.45, 7) is 0.357. The van der Waals surface area contributed by atoms with Gasteiger partial charge in [-0.25, -0.2) is 0 Å². The van der Waals surface area contributed by atoms with Crippen molar-refractivity contribution in [2.45, 2.75) is 6.54 Å². The highest BCUT2D eigenvalue weighted by Gasteiger charge is 2.13. The predicted octanol–water partition coefficient (Wildman–Crippen LogP) is 4.24. The van der Waals surface area contributed by atoms with Crippen LogP contribution in [0.1, 0.15) is 11.1 Å². The van der Waals surface area contributed by atoms with E-state index in [0.717, 1.165) is 5.56 Å². The zero-order chi connectivity index (χ0) is 17.3. The fourth-order valence-corrected chi connectivity index (χ4v) is 3.03. The predicted molar refractivity (Wildman–Crippen MR) is 95.0 cm³/mol. The first-order chi connectivity index (χ1) is 11.5. The van der Waals surface area contributed by atoms with Gasteiger partial charge >= 0.3 is 0 Å². The Morgan fingerprint density at radius 3 is 2.75 bits per heavy atom. The number of pyridine rings is 1. The summed E-state index contributed by atoms with van der Waals surface area (Å²) in [5, 5.41) is 10.6. The molecule has 0 bridgehead atoms. The van der Waals surface area contributed by atoms with E-state index in [1.165, 1.54) is 6.20 Å². The van der Waals surface area contributed by atoms with Crippen molar-refractivity contribution in [1.29, 1.82) is 5.26 Å². The summed E-state index contributed by atoms with van der Waals surface area (Å²) in [5.74, 6) is 0.641. The van der Waals surface area contributed by atoms with Crippen molar-refractivity contribution >= 4 is 34.1 Å². The number of nitrogens with zero attached hydrogens (tertiary/aromatic N) is 2. The smallest absolute Gasteiger partial charge is 0.207 e. The maximum atomic E-state index is 12.4. The number of hydrogen-bond acceptors (Lipinski definition) is 3. The second-order valence-electron chi connectivity index (χ2n) is 5.19. The van der Waals surface area contributed by atoms with Crippen molar-refractivity contribution in [3.05, 3.63) is 74.0 Å². The normalized spacial score (nSPS) is 10.6. The molecule has 6 heteroatoms. The first kappa shape index (κ1) is 16.4. The Balaban J connectivity index is 2.26. The second kappa shape index (κ2) is 6.56. The van der Waals surface area contributed by atoms with Crippen LogP contribution in [-0.2, 0) is 6.54 Å². The van der Waals surface area contributed by atoms with Crippen LogP contribution in [0.2, 0.25) is 10.0 Å². The average Bonchev–Trinajstić information content (AvgIpc) is 2.58. The highest BCUT2D eigenvalue weighted by Crippen LogP contribution is 2.28. The maximum Gasteiger partial charge on any atom is 0.207 e. The molecule has 4 nitrogen and oxygen atoms in total. The molecule has 0 aliphatic heterocycles. The van der Waals surface area contributed by atoms with E-state index in [1.807, 2.05) is 12.1 Å². The number of fused-ring (bicyclic) bond motifs is 1. The van der Waals surface area contributed by atoms with Crippen LogP contribution in [0.15, 0.2) is 47.4 Å². The van der Waals surface area contributed by atoms with E-state index in [4.69, 9.17) is 27.9 Å². The molecule has 120 valence electrons. The van der Waals surface area contributed by atoms with Crippen LogP contribution in [0.3, 0.4) is 0 Å². The molecule has 0 aliphatic rings. The molecule has 0 fully saturated rings. The van der Waals surface area contributed by atoms with Crippen molar-refractivity contribution in [3.63, 3.8) is 0 Å². The minimum Gasteiger partial charge on any atom is -0.496 e. The molecule has 0 saturated heterocycles. The Kier molecular flexibility index (Phi) is 4.48. The van der Waals surface area contributed by atoms with Crippen molar-refractivity contribution in [3.8, 4) is 11.8 Å². The van der Waals surface area contributed by atoms with Crippen molar-refractivity contribution in [2.75, 3.05) is 7.11 Å². The van der Waals surface area contributed by atoms with Crippen LogP contribution in [0, 0.1) is 11.3 Å². The lowest BCUT2D eigenvalue weighted by Gasteiger charge is -2.15. The highest BCUT2D eigenvalue weighted by atomic mass is 35.5. The lowest BCUT2D eigenvalue weighted by molar-refractivity contribution is 0.408. The molecule has 24 heavy (non-hydrogen) atoms. The average molecular weight is 359 g/mol.